The number of ether oxygens (including phenoxy) is 1. The Kier molecular flexibility index (Phi) is 7.20. The summed E-state index contributed by atoms with van der Waals surface area (Å²) in [5, 5.41) is 3.45. The van der Waals surface area contributed by atoms with E-state index in [1.165, 1.54) is 19.2 Å². The molecule has 1 unspecified atom stereocenters. The van der Waals surface area contributed by atoms with Gasteiger partial charge in [-0.2, -0.15) is 0 Å². The van der Waals surface area contributed by atoms with Crippen LogP contribution < -0.4 is 10.1 Å². The van der Waals surface area contributed by atoms with Crippen molar-refractivity contribution >= 4 is 22.9 Å². The van der Waals surface area contributed by atoms with Crippen LogP contribution >= 0.6 is 0 Å². The zero-order valence-corrected chi connectivity index (χ0v) is 19.6. The lowest BCUT2D eigenvalue weighted by atomic mass is 10.2. The number of amides is 1. The summed E-state index contributed by atoms with van der Waals surface area (Å²) in [7, 11) is 0. The van der Waals surface area contributed by atoms with E-state index in [9.17, 15) is 4.79 Å². The third-order valence-electron chi connectivity index (χ3n) is 6.21. The van der Waals surface area contributed by atoms with Crippen molar-refractivity contribution in [1.29, 1.82) is 0 Å². The molecule has 5 rings (SSSR count). The molecular formula is C26H29N7O2. The van der Waals surface area contributed by atoms with Crippen molar-refractivity contribution < 1.29 is 9.53 Å². The minimum Gasteiger partial charge on any atom is -0.481 e. The second-order valence-corrected chi connectivity index (χ2v) is 8.73. The lowest BCUT2D eigenvalue weighted by molar-refractivity contribution is -0.125. The van der Waals surface area contributed by atoms with E-state index in [2.05, 4.69) is 42.0 Å². The number of imidazole rings is 1. The summed E-state index contributed by atoms with van der Waals surface area (Å²) in [6, 6.07) is 9.66. The van der Waals surface area contributed by atoms with Gasteiger partial charge in [-0.3, -0.25) is 9.69 Å². The Balaban J connectivity index is 1.16. The first-order valence-corrected chi connectivity index (χ1v) is 12.1. The second kappa shape index (κ2) is 11.0. The number of rotatable bonds is 7. The van der Waals surface area contributed by atoms with Gasteiger partial charge in [0.05, 0.1) is 0 Å². The van der Waals surface area contributed by atoms with Crippen molar-refractivity contribution in [3.05, 3.63) is 54.6 Å². The van der Waals surface area contributed by atoms with E-state index >= 15 is 0 Å². The molecule has 4 heterocycles. The van der Waals surface area contributed by atoms with E-state index in [0.29, 0.717) is 29.4 Å². The summed E-state index contributed by atoms with van der Waals surface area (Å²) < 4.78 is 5.60. The zero-order chi connectivity index (χ0) is 23.9. The molecule has 35 heavy (non-hydrogen) atoms. The van der Waals surface area contributed by atoms with Crippen molar-refractivity contribution in [3.63, 3.8) is 0 Å². The second-order valence-electron chi connectivity index (χ2n) is 8.73. The van der Waals surface area contributed by atoms with Gasteiger partial charge in [-0.05, 0) is 50.4 Å². The van der Waals surface area contributed by atoms with E-state index in [4.69, 9.17) is 4.74 Å². The number of anilines is 1. The number of nitrogens with zero attached hydrogens (tertiary/aromatic N) is 5. The molecule has 0 spiro atoms. The summed E-state index contributed by atoms with van der Waals surface area (Å²) in [5.41, 5.74) is 1.25. The standard InChI is InChI=1S/C26H29N7O2/c34-23(11-6-15-32-13-4-5-14-32)33-16-12-20(18-33)29-25-24-26(28-19-27-25)31-22(30-24)10-7-17-35-21-8-2-1-3-9-21/h1-3,6,8-9,11,19-20H,4-5,12-18H2,(H2,27,28,29,30,31). The number of carbonyl (C=O) groups is 1. The number of para-hydroxylation sites is 1. The number of aromatic nitrogens is 4. The highest BCUT2D eigenvalue weighted by Gasteiger charge is 2.26. The Morgan fingerprint density at radius 1 is 1.20 bits per heavy atom. The molecule has 2 aromatic heterocycles. The van der Waals surface area contributed by atoms with Crippen LogP contribution in [-0.4, -0.2) is 81.0 Å². The van der Waals surface area contributed by atoms with E-state index in [1.807, 2.05) is 41.3 Å². The summed E-state index contributed by atoms with van der Waals surface area (Å²) in [6.07, 6.45) is 8.55. The molecule has 0 saturated carbocycles. The van der Waals surface area contributed by atoms with Gasteiger partial charge in [0.1, 0.15) is 24.2 Å². The first-order chi connectivity index (χ1) is 17.2. The Labute approximate surface area is 204 Å². The van der Waals surface area contributed by atoms with Gasteiger partial charge in [-0.1, -0.05) is 30.2 Å². The molecule has 2 saturated heterocycles. The fourth-order valence-electron chi connectivity index (χ4n) is 4.40. The first kappa shape index (κ1) is 22.9. The molecule has 3 aromatic rings. The number of H-pyrrole nitrogens is 1. The monoisotopic (exact) mass is 471 g/mol. The van der Waals surface area contributed by atoms with Crippen LogP contribution in [0.4, 0.5) is 5.82 Å². The van der Waals surface area contributed by atoms with Crippen LogP contribution in [0, 0.1) is 11.8 Å². The van der Waals surface area contributed by atoms with Crippen LogP contribution in [0.2, 0.25) is 0 Å². The molecular weight excluding hydrogens is 442 g/mol. The largest absolute Gasteiger partial charge is 0.481 e. The molecule has 1 atom stereocenters. The molecule has 0 aliphatic carbocycles. The number of benzene rings is 1. The van der Waals surface area contributed by atoms with Gasteiger partial charge in [0, 0.05) is 31.8 Å². The highest BCUT2D eigenvalue weighted by Crippen LogP contribution is 2.20. The maximum atomic E-state index is 12.6. The fourth-order valence-corrected chi connectivity index (χ4v) is 4.40. The van der Waals surface area contributed by atoms with Gasteiger partial charge in [0.2, 0.25) is 5.91 Å². The van der Waals surface area contributed by atoms with Crippen LogP contribution in [-0.2, 0) is 4.79 Å². The highest BCUT2D eigenvalue weighted by molar-refractivity contribution is 5.88. The maximum absolute atomic E-state index is 12.6. The Hall–Kier alpha value is -3.90. The SMILES string of the molecule is O=C(C=CCN1CCCC1)N1CCC(Nc2ncnc3nc(C#CCOc4ccccc4)[nH]c23)C1. The zero-order valence-electron chi connectivity index (χ0n) is 19.6. The van der Waals surface area contributed by atoms with Crippen LogP contribution in [0.3, 0.4) is 0 Å². The molecule has 2 aliphatic heterocycles. The smallest absolute Gasteiger partial charge is 0.246 e. The third kappa shape index (κ3) is 5.97. The van der Waals surface area contributed by atoms with Gasteiger partial charge in [-0.25, -0.2) is 15.0 Å². The summed E-state index contributed by atoms with van der Waals surface area (Å²) in [5.74, 6) is 7.97. The van der Waals surface area contributed by atoms with Crippen LogP contribution in [0.5, 0.6) is 5.75 Å². The Morgan fingerprint density at radius 2 is 2.06 bits per heavy atom. The molecule has 1 aromatic carbocycles. The molecule has 2 N–H and O–H groups in total. The maximum Gasteiger partial charge on any atom is 0.246 e. The number of carbonyl (C=O) groups excluding carboxylic acids is 1. The fraction of sp³-hybridized carbons (Fsp3) is 0.385. The number of hydrogen-bond acceptors (Lipinski definition) is 7. The highest BCUT2D eigenvalue weighted by atomic mass is 16.5. The minimum atomic E-state index is 0.0677. The van der Waals surface area contributed by atoms with Gasteiger partial charge < -0.3 is 19.9 Å². The number of likely N-dealkylation sites (tertiary alicyclic amines) is 2. The van der Waals surface area contributed by atoms with Crippen LogP contribution in [0.15, 0.2) is 48.8 Å². The third-order valence-corrected chi connectivity index (χ3v) is 6.21. The van der Waals surface area contributed by atoms with Crippen molar-refractivity contribution in [3.8, 4) is 17.6 Å². The summed E-state index contributed by atoms with van der Waals surface area (Å²) in [6.45, 7) is 4.73. The predicted octanol–water partition coefficient (Wildman–Crippen LogP) is 2.45. The molecule has 2 fully saturated rings. The number of hydrogen-bond donors (Lipinski definition) is 2. The quantitative estimate of drug-likeness (QED) is 0.403. The van der Waals surface area contributed by atoms with E-state index < -0.39 is 0 Å². The molecule has 180 valence electrons. The lowest BCUT2D eigenvalue weighted by Crippen LogP contribution is -2.30. The summed E-state index contributed by atoms with van der Waals surface area (Å²) >= 11 is 0. The molecule has 0 radical (unpaired) electrons. The molecule has 2 aliphatic rings. The molecule has 9 nitrogen and oxygen atoms in total. The normalized spacial score (nSPS) is 18.2. The molecule has 0 bridgehead atoms. The van der Waals surface area contributed by atoms with Crippen LogP contribution in [0.1, 0.15) is 25.1 Å². The topological polar surface area (TPSA) is 99.3 Å². The van der Waals surface area contributed by atoms with Crippen molar-refractivity contribution in [1.82, 2.24) is 29.7 Å². The van der Waals surface area contributed by atoms with Gasteiger partial charge in [0.25, 0.3) is 0 Å². The average Bonchev–Trinajstić information content (AvgIpc) is 3.64. The van der Waals surface area contributed by atoms with Gasteiger partial charge in [0.15, 0.2) is 17.3 Å². The minimum absolute atomic E-state index is 0.0677. The lowest BCUT2D eigenvalue weighted by Gasteiger charge is -2.16. The Morgan fingerprint density at radius 3 is 2.91 bits per heavy atom. The van der Waals surface area contributed by atoms with Crippen LogP contribution in [0.25, 0.3) is 11.2 Å². The molecule has 1 amide bonds. The van der Waals surface area contributed by atoms with Crippen molar-refractivity contribution in [2.75, 3.05) is 44.6 Å². The van der Waals surface area contributed by atoms with E-state index in [0.717, 1.165) is 38.3 Å². The van der Waals surface area contributed by atoms with E-state index in [1.54, 1.807) is 6.08 Å². The average molecular weight is 472 g/mol. The summed E-state index contributed by atoms with van der Waals surface area (Å²) in [4.78, 5) is 33.1. The molecule has 9 heteroatoms. The van der Waals surface area contributed by atoms with Gasteiger partial charge in [-0.15, -0.1) is 0 Å². The van der Waals surface area contributed by atoms with E-state index in [-0.39, 0.29) is 18.6 Å². The number of nitrogens with one attached hydrogen (secondary N) is 2. The first-order valence-electron chi connectivity index (χ1n) is 12.1. The van der Waals surface area contributed by atoms with Crippen molar-refractivity contribution in [2.24, 2.45) is 0 Å². The van der Waals surface area contributed by atoms with Crippen molar-refractivity contribution in [2.45, 2.75) is 25.3 Å². The number of aromatic amines is 1. The number of fused-ring (bicyclic) bond motifs is 1. The Bertz CT molecular complexity index is 1240. The predicted molar refractivity (Wildman–Crippen MR) is 134 cm³/mol. The van der Waals surface area contributed by atoms with Gasteiger partial charge >= 0.3 is 0 Å².